The van der Waals surface area contributed by atoms with E-state index in [2.05, 4.69) is 5.32 Å². The zero-order valence-electron chi connectivity index (χ0n) is 12.8. The Labute approximate surface area is 138 Å². The van der Waals surface area contributed by atoms with E-state index in [1.165, 1.54) is 50.6 Å². The third-order valence-corrected chi connectivity index (χ3v) is 4.08. The van der Waals surface area contributed by atoms with Crippen molar-refractivity contribution in [3.8, 4) is 5.75 Å². The second kappa shape index (κ2) is 7.15. The van der Waals surface area contributed by atoms with E-state index in [1.54, 1.807) is 0 Å². The Bertz CT molecular complexity index is 845. The van der Waals surface area contributed by atoms with Gasteiger partial charge in [-0.1, -0.05) is 0 Å². The summed E-state index contributed by atoms with van der Waals surface area (Å²) in [4.78, 5) is 24.6. The van der Waals surface area contributed by atoms with Crippen molar-refractivity contribution in [3.63, 3.8) is 0 Å². The number of hydrogen-bond donors (Lipinski definition) is 3. The van der Waals surface area contributed by atoms with Gasteiger partial charge in [0.25, 0.3) is 10.0 Å². The molecule has 0 unspecified atom stereocenters. The van der Waals surface area contributed by atoms with Gasteiger partial charge in [-0.2, -0.15) is 0 Å². The smallest absolute Gasteiger partial charge is 0.301 e. The van der Waals surface area contributed by atoms with E-state index in [0.29, 0.717) is 5.69 Å². The molecule has 1 heterocycles. The number of sulfonamides is 1. The number of methoxy groups -OCH3 is 1. The van der Waals surface area contributed by atoms with Crippen LogP contribution in [-0.2, 0) is 14.8 Å². The summed E-state index contributed by atoms with van der Waals surface area (Å²) in [6.45, 7) is 1.32. The molecule has 128 valence electrons. The Morgan fingerprint density at radius 1 is 1.21 bits per heavy atom. The second-order valence-corrected chi connectivity index (χ2v) is 6.26. The highest BCUT2D eigenvalue weighted by molar-refractivity contribution is 7.89. The van der Waals surface area contributed by atoms with Gasteiger partial charge in [-0.05, 0) is 24.3 Å². The van der Waals surface area contributed by atoms with Gasteiger partial charge in [0, 0.05) is 13.0 Å². The van der Waals surface area contributed by atoms with Crippen LogP contribution in [-0.4, -0.2) is 27.3 Å². The summed E-state index contributed by atoms with van der Waals surface area (Å²) in [5.74, 6) is -0.958. The highest BCUT2D eigenvalue weighted by Crippen LogP contribution is 2.27. The highest BCUT2D eigenvalue weighted by atomic mass is 32.2. The van der Waals surface area contributed by atoms with E-state index < -0.39 is 15.9 Å². The Hall–Kier alpha value is -2.85. The molecule has 1 aromatic carbocycles. The maximum absolute atomic E-state index is 12.2. The van der Waals surface area contributed by atoms with Crippen LogP contribution in [0.2, 0.25) is 0 Å². The van der Waals surface area contributed by atoms with Crippen LogP contribution in [0.25, 0.3) is 0 Å². The third kappa shape index (κ3) is 4.12. The quantitative estimate of drug-likeness (QED) is 0.661. The minimum Gasteiger partial charge on any atom is -0.495 e. The molecule has 1 aromatic heterocycles. The van der Waals surface area contributed by atoms with E-state index >= 15 is 0 Å². The number of amides is 2. The number of rotatable bonds is 6. The van der Waals surface area contributed by atoms with Gasteiger partial charge in [-0.3, -0.25) is 15.0 Å². The molecule has 0 saturated heterocycles. The number of furan rings is 1. The predicted molar refractivity (Wildman–Crippen MR) is 83.8 cm³/mol. The minimum absolute atomic E-state index is 0.0451. The van der Waals surface area contributed by atoms with Crippen LogP contribution < -0.4 is 20.3 Å². The zero-order valence-corrected chi connectivity index (χ0v) is 13.6. The van der Waals surface area contributed by atoms with Gasteiger partial charge in [-0.15, -0.1) is 4.83 Å². The van der Waals surface area contributed by atoms with E-state index in [1.807, 2.05) is 10.3 Å². The molecule has 2 rings (SSSR count). The number of nitrogens with one attached hydrogen (secondary N) is 3. The first kappa shape index (κ1) is 17.5. The maximum Gasteiger partial charge on any atom is 0.301 e. The first-order valence-corrected chi connectivity index (χ1v) is 8.13. The van der Waals surface area contributed by atoms with Gasteiger partial charge >= 0.3 is 5.91 Å². The van der Waals surface area contributed by atoms with Crippen LogP contribution in [0.3, 0.4) is 0 Å². The number of benzene rings is 1. The largest absolute Gasteiger partial charge is 0.495 e. The van der Waals surface area contributed by atoms with Crippen LogP contribution in [0.5, 0.6) is 5.75 Å². The Morgan fingerprint density at radius 3 is 2.54 bits per heavy atom. The van der Waals surface area contributed by atoms with E-state index in [-0.39, 0.29) is 22.3 Å². The molecular weight excluding hydrogens is 338 g/mol. The molecular formula is C14H15N3O6S. The monoisotopic (exact) mass is 353 g/mol. The summed E-state index contributed by atoms with van der Waals surface area (Å²) in [7, 11) is -2.70. The number of anilines is 1. The van der Waals surface area contributed by atoms with E-state index in [0.717, 1.165) is 0 Å². The Kier molecular flexibility index (Phi) is 5.21. The van der Waals surface area contributed by atoms with E-state index in [4.69, 9.17) is 9.15 Å². The molecule has 3 N–H and O–H groups in total. The van der Waals surface area contributed by atoms with Crippen molar-refractivity contribution in [3.05, 3.63) is 42.4 Å². The first-order valence-electron chi connectivity index (χ1n) is 6.65. The number of carbonyl (C=O) groups is 2. The standard InChI is InChI=1S/C14H15N3O6S/c1-9(18)15-11-6-5-10(8-13(11)22-2)24(20,21)17-16-14(19)12-4-3-7-23-12/h3-8,17H,1-2H3,(H,15,18)(H,16,19). The molecule has 0 saturated carbocycles. The molecule has 0 aliphatic heterocycles. The minimum atomic E-state index is -4.04. The van der Waals surface area contributed by atoms with Crippen molar-refractivity contribution in [2.75, 3.05) is 12.4 Å². The number of hydrogen-bond acceptors (Lipinski definition) is 6. The van der Waals surface area contributed by atoms with Crippen molar-refractivity contribution in [2.45, 2.75) is 11.8 Å². The summed E-state index contributed by atoms with van der Waals surface area (Å²) < 4.78 is 34.3. The first-order chi connectivity index (χ1) is 11.3. The average Bonchev–Trinajstić information content (AvgIpc) is 3.07. The van der Waals surface area contributed by atoms with Gasteiger partial charge in [0.1, 0.15) is 5.75 Å². The molecule has 0 bridgehead atoms. The normalized spacial score (nSPS) is 10.9. The van der Waals surface area contributed by atoms with Gasteiger partial charge in [-0.25, -0.2) is 8.42 Å². The lowest BCUT2D eigenvalue weighted by Crippen LogP contribution is -2.41. The van der Waals surface area contributed by atoms with Crippen molar-refractivity contribution in [1.82, 2.24) is 10.3 Å². The summed E-state index contributed by atoms with van der Waals surface area (Å²) in [5.41, 5.74) is 2.35. The second-order valence-electron chi connectivity index (χ2n) is 4.58. The molecule has 10 heteroatoms. The SMILES string of the molecule is COc1cc(S(=O)(=O)NNC(=O)c2ccco2)ccc1NC(C)=O. The number of hydrazine groups is 1. The molecule has 2 amide bonds. The predicted octanol–water partition coefficient (Wildman–Crippen LogP) is 0.870. The van der Waals surface area contributed by atoms with Gasteiger partial charge in [0.2, 0.25) is 5.91 Å². The number of ether oxygens (including phenoxy) is 1. The maximum atomic E-state index is 12.2. The fourth-order valence-electron chi connectivity index (χ4n) is 1.77. The lowest BCUT2D eigenvalue weighted by molar-refractivity contribution is -0.114. The molecule has 0 aliphatic rings. The van der Waals surface area contributed by atoms with Crippen molar-refractivity contribution in [2.24, 2.45) is 0 Å². The molecule has 2 aromatic rings. The number of carbonyl (C=O) groups excluding carboxylic acids is 2. The summed E-state index contributed by atoms with van der Waals surface area (Å²) in [5, 5.41) is 2.51. The van der Waals surface area contributed by atoms with Gasteiger partial charge in [0.15, 0.2) is 5.76 Å². The van der Waals surface area contributed by atoms with E-state index in [9.17, 15) is 18.0 Å². The van der Waals surface area contributed by atoms with Gasteiger partial charge in [0.05, 0.1) is 24.0 Å². The highest BCUT2D eigenvalue weighted by Gasteiger charge is 2.19. The molecule has 9 nitrogen and oxygen atoms in total. The molecule has 0 spiro atoms. The van der Waals surface area contributed by atoms with Gasteiger partial charge < -0.3 is 14.5 Å². The Morgan fingerprint density at radius 2 is 1.96 bits per heavy atom. The van der Waals surface area contributed by atoms with Crippen LogP contribution in [0.1, 0.15) is 17.5 Å². The topological polar surface area (TPSA) is 127 Å². The summed E-state index contributed by atoms with van der Waals surface area (Å²) >= 11 is 0. The third-order valence-electron chi connectivity index (χ3n) is 2.84. The zero-order chi connectivity index (χ0) is 17.7. The molecule has 0 radical (unpaired) electrons. The molecule has 0 fully saturated rings. The Balaban J connectivity index is 2.16. The summed E-state index contributed by atoms with van der Waals surface area (Å²) in [6.07, 6.45) is 1.29. The fraction of sp³-hybridized carbons (Fsp3) is 0.143. The van der Waals surface area contributed by atoms with Crippen molar-refractivity contribution < 1.29 is 27.2 Å². The molecule has 0 aliphatic carbocycles. The summed E-state index contributed by atoms with van der Waals surface area (Å²) in [6, 6.07) is 6.73. The van der Waals surface area contributed by atoms with Crippen LogP contribution in [0, 0.1) is 0 Å². The van der Waals surface area contributed by atoms with Crippen LogP contribution in [0.15, 0.2) is 45.9 Å². The van der Waals surface area contributed by atoms with Crippen LogP contribution >= 0.6 is 0 Å². The lowest BCUT2D eigenvalue weighted by atomic mass is 10.3. The van der Waals surface area contributed by atoms with Crippen molar-refractivity contribution in [1.29, 1.82) is 0 Å². The molecule has 0 atom stereocenters. The van der Waals surface area contributed by atoms with Crippen molar-refractivity contribution >= 4 is 27.5 Å². The van der Waals surface area contributed by atoms with Crippen LogP contribution in [0.4, 0.5) is 5.69 Å². The fourth-order valence-corrected chi connectivity index (χ4v) is 2.63. The lowest BCUT2D eigenvalue weighted by Gasteiger charge is -2.12. The average molecular weight is 353 g/mol. The molecule has 24 heavy (non-hydrogen) atoms.